The Hall–Kier alpha value is -2.11. The molecule has 0 amide bonds. The third kappa shape index (κ3) is 3.01. The molecule has 0 saturated carbocycles. The third-order valence-corrected chi connectivity index (χ3v) is 3.30. The number of anilines is 1. The summed E-state index contributed by atoms with van der Waals surface area (Å²) in [4.78, 5) is 23.2. The number of aromatic nitrogens is 2. The largest absolute Gasteiger partial charge is 0.332 e. The van der Waals surface area contributed by atoms with Crippen LogP contribution >= 0.6 is 0 Å². The fourth-order valence-electron chi connectivity index (χ4n) is 2.00. The van der Waals surface area contributed by atoms with Gasteiger partial charge in [-0.1, -0.05) is 12.2 Å². The van der Waals surface area contributed by atoms with Gasteiger partial charge in [0.15, 0.2) is 0 Å². The maximum Gasteiger partial charge on any atom is 0.332 e. The Morgan fingerprint density at radius 2 is 2.11 bits per heavy atom. The van der Waals surface area contributed by atoms with E-state index in [1.807, 2.05) is 6.21 Å². The average molecular weight is 262 g/mol. The van der Waals surface area contributed by atoms with E-state index in [-0.39, 0.29) is 11.2 Å². The van der Waals surface area contributed by atoms with Crippen molar-refractivity contribution in [3.05, 3.63) is 39.1 Å². The number of hydrogen-bond acceptors (Lipinski definition) is 4. The van der Waals surface area contributed by atoms with Crippen LogP contribution in [0.1, 0.15) is 19.3 Å². The van der Waals surface area contributed by atoms with Gasteiger partial charge in [-0.2, -0.15) is 5.10 Å². The Labute approximate surface area is 111 Å². The van der Waals surface area contributed by atoms with E-state index in [0.717, 1.165) is 23.8 Å². The van der Waals surface area contributed by atoms with Crippen molar-refractivity contribution in [1.82, 2.24) is 9.13 Å². The summed E-state index contributed by atoms with van der Waals surface area (Å²) < 4.78 is 2.42. The first-order valence-corrected chi connectivity index (χ1v) is 6.31. The second kappa shape index (κ2) is 5.69. The fraction of sp³-hybridized carbons (Fsp3) is 0.462. The van der Waals surface area contributed by atoms with Gasteiger partial charge in [0.05, 0.1) is 0 Å². The number of nitrogens with zero attached hydrogens (tertiary/aromatic N) is 3. The fourth-order valence-corrected chi connectivity index (χ4v) is 2.00. The molecule has 0 unspecified atom stereocenters. The van der Waals surface area contributed by atoms with Crippen LogP contribution in [0.25, 0.3) is 0 Å². The highest BCUT2D eigenvalue weighted by molar-refractivity contribution is 5.62. The Kier molecular flexibility index (Phi) is 3.99. The van der Waals surface area contributed by atoms with Crippen molar-refractivity contribution in [3.63, 3.8) is 0 Å². The Bertz CT molecular complexity index is 625. The van der Waals surface area contributed by atoms with E-state index >= 15 is 0 Å². The van der Waals surface area contributed by atoms with E-state index in [1.165, 1.54) is 17.7 Å². The topological polar surface area (TPSA) is 68.4 Å². The lowest BCUT2D eigenvalue weighted by atomic mass is 9.96. The Morgan fingerprint density at radius 3 is 2.79 bits per heavy atom. The number of hydrogen-bond donors (Lipinski definition) is 1. The molecule has 0 radical (unpaired) electrons. The summed E-state index contributed by atoms with van der Waals surface area (Å²) in [6.07, 6.45) is 9.29. The highest BCUT2D eigenvalue weighted by Gasteiger charge is 2.07. The predicted octanol–water partition coefficient (Wildman–Crippen LogP) is 0.838. The summed E-state index contributed by atoms with van der Waals surface area (Å²) >= 11 is 0. The van der Waals surface area contributed by atoms with E-state index in [1.54, 1.807) is 7.05 Å². The highest BCUT2D eigenvalue weighted by atomic mass is 16.2. The van der Waals surface area contributed by atoms with Gasteiger partial charge in [0.25, 0.3) is 5.56 Å². The monoisotopic (exact) mass is 262 g/mol. The molecule has 1 aromatic rings. The zero-order valence-electron chi connectivity index (χ0n) is 11.2. The van der Waals surface area contributed by atoms with E-state index in [0.29, 0.717) is 11.7 Å². The number of nitrogens with one attached hydrogen (secondary N) is 1. The molecule has 1 aliphatic rings. The molecule has 6 heteroatoms. The van der Waals surface area contributed by atoms with E-state index < -0.39 is 0 Å². The SMILES string of the molecule is Cn1c(N/N=C\[C@@H]2CC=CCC2)cc(=O)n(C)c1=O. The van der Waals surface area contributed by atoms with Crippen LogP contribution in [0, 0.1) is 5.92 Å². The van der Waals surface area contributed by atoms with Gasteiger partial charge >= 0.3 is 5.69 Å². The van der Waals surface area contributed by atoms with Crippen molar-refractivity contribution in [1.29, 1.82) is 0 Å². The molecule has 0 aliphatic heterocycles. The standard InChI is InChI=1S/C13H18N4O2/c1-16-11(8-12(18)17(2)13(16)19)15-14-9-10-6-4-3-5-7-10/h3-4,8-10,15H,5-7H2,1-2H3/b14-9-/t10-/m1/s1. The summed E-state index contributed by atoms with van der Waals surface area (Å²) in [5.74, 6) is 0.816. The average Bonchev–Trinajstić information content (AvgIpc) is 2.43. The lowest BCUT2D eigenvalue weighted by Crippen LogP contribution is -2.37. The van der Waals surface area contributed by atoms with Crippen LogP contribution in [0.5, 0.6) is 0 Å². The van der Waals surface area contributed by atoms with E-state index in [9.17, 15) is 9.59 Å². The first-order chi connectivity index (χ1) is 9.09. The summed E-state index contributed by atoms with van der Waals surface area (Å²) in [5, 5.41) is 4.12. The third-order valence-electron chi connectivity index (χ3n) is 3.30. The van der Waals surface area contributed by atoms with Crippen LogP contribution in [-0.4, -0.2) is 15.3 Å². The molecule has 0 fully saturated rings. The van der Waals surface area contributed by atoms with Crippen molar-refractivity contribution >= 4 is 12.0 Å². The first-order valence-electron chi connectivity index (χ1n) is 6.31. The second-order valence-electron chi connectivity index (χ2n) is 4.70. The van der Waals surface area contributed by atoms with Crippen LogP contribution in [0.2, 0.25) is 0 Å². The number of rotatable bonds is 3. The molecule has 0 aromatic carbocycles. The molecule has 1 N–H and O–H groups in total. The summed E-state index contributed by atoms with van der Waals surface area (Å²) in [6.45, 7) is 0. The molecule has 1 atom stereocenters. The molecule has 1 aliphatic carbocycles. The van der Waals surface area contributed by atoms with Crippen LogP contribution < -0.4 is 16.7 Å². The molecule has 0 spiro atoms. The number of allylic oxidation sites excluding steroid dienone is 2. The maximum atomic E-state index is 11.7. The van der Waals surface area contributed by atoms with Crippen LogP contribution in [0.3, 0.4) is 0 Å². The number of hydrazone groups is 1. The minimum Gasteiger partial charge on any atom is -0.281 e. The van der Waals surface area contributed by atoms with Crippen LogP contribution in [-0.2, 0) is 14.1 Å². The molecular formula is C13H18N4O2. The first kappa shape index (κ1) is 13.3. The van der Waals surface area contributed by atoms with E-state index in [4.69, 9.17) is 0 Å². The Balaban J connectivity index is 2.12. The molecule has 0 bridgehead atoms. The van der Waals surface area contributed by atoms with Crippen LogP contribution in [0.15, 0.2) is 32.9 Å². The quantitative estimate of drug-likeness (QED) is 0.498. The van der Waals surface area contributed by atoms with Gasteiger partial charge in [0, 0.05) is 26.4 Å². The van der Waals surface area contributed by atoms with Crippen molar-refractivity contribution < 1.29 is 0 Å². The van der Waals surface area contributed by atoms with Crippen LogP contribution in [0.4, 0.5) is 5.82 Å². The second-order valence-corrected chi connectivity index (χ2v) is 4.70. The van der Waals surface area contributed by atoms with Crippen molar-refractivity contribution in [2.24, 2.45) is 25.1 Å². The van der Waals surface area contributed by atoms with Gasteiger partial charge in [0.1, 0.15) is 5.82 Å². The van der Waals surface area contributed by atoms with Gasteiger partial charge < -0.3 is 0 Å². The molecule has 1 heterocycles. The molecule has 6 nitrogen and oxygen atoms in total. The van der Waals surface area contributed by atoms with Gasteiger partial charge in [-0.15, -0.1) is 0 Å². The highest BCUT2D eigenvalue weighted by Crippen LogP contribution is 2.15. The lowest BCUT2D eigenvalue weighted by Gasteiger charge is -2.12. The zero-order chi connectivity index (χ0) is 13.8. The molecule has 1 aromatic heterocycles. The minimum atomic E-state index is -0.370. The summed E-state index contributed by atoms with van der Waals surface area (Å²) in [7, 11) is 3.05. The van der Waals surface area contributed by atoms with Gasteiger partial charge in [-0.25, -0.2) is 4.79 Å². The minimum absolute atomic E-state index is 0.346. The van der Waals surface area contributed by atoms with E-state index in [2.05, 4.69) is 22.7 Å². The molecule has 0 saturated heterocycles. The van der Waals surface area contributed by atoms with Gasteiger partial charge in [-0.05, 0) is 25.2 Å². The molecule has 102 valence electrons. The molecule has 2 rings (SSSR count). The lowest BCUT2D eigenvalue weighted by molar-refractivity contribution is 0.626. The predicted molar refractivity (Wildman–Crippen MR) is 75.5 cm³/mol. The summed E-state index contributed by atoms with van der Waals surface area (Å²) in [6, 6.07) is 1.36. The van der Waals surface area contributed by atoms with Crippen molar-refractivity contribution in [3.8, 4) is 0 Å². The Morgan fingerprint density at radius 1 is 1.32 bits per heavy atom. The van der Waals surface area contributed by atoms with Crippen molar-refractivity contribution in [2.45, 2.75) is 19.3 Å². The van der Waals surface area contributed by atoms with Crippen molar-refractivity contribution in [2.75, 3.05) is 5.43 Å². The zero-order valence-corrected chi connectivity index (χ0v) is 11.2. The normalized spacial score (nSPS) is 18.9. The maximum absolute atomic E-state index is 11.7. The van der Waals surface area contributed by atoms with Gasteiger partial charge in [0.2, 0.25) is 0 Å². The molecule has 19 heavy (non-hydrogen) atoms. The van der Waals surface area contributed by atoms with Gasteiger partial charge in [-0.3, -0.25) is 19.4 Å². The molecular weight excluding hydrogens is 244 g/mol. The smallest absolute Gasteiger partial charge is 0.281 e. The summed E-state index contributed by atoms with van der Waals surface area (Å²) in [5.41, 5.74) is 2.05.